The summed E-state index contributed by atoms with van der Waals surface area (Å²) < 4.78 is 14.1. The highest BCUT2D eigenvalue weighted by Gasteiger charge is 2.42. The summed E-state index contributed by atoms with van der Waals surface area (Å²) >= 11 is 0. The normalized spacial score (nSPS) is 24.9. The minimum Gasteiger partial charge on any atom is -0.368 e. The molecule has 0 aliphatic carbocycles. The number of aromatic nitrogens is 1. The maximum Gasteiger partial charge on any atom is 0.222 e. The Balaban J connectivity index is 1.72. The minimum absolute atomic E-state index is 0.0915. The standard InChI is InChI=1S/C18H27FN4O/c1-21(2)10-11-23-14-18(7-4-17(23)24)6-3-9-22(13-18)16-5-8-20-12-15(16)19/h5,8,12H,3-4,6-7,9-11,13-14H2,1-2H3. The van der Waals surface area contributed by atoms with Gasteiger partial charge in [0.1, 0.15) is 0 Å². The third-order valence-corrected chi connectivity index (χ3v) is 5.32. The lowest BCUT2D eigenvalue weighted by atomic mass is 9.73. The molecule has 1 amide bonds. The van der Waals surface area contributed by atoms with Crippen LogP contribution in [0.4, 0.5) is 10.1 Å². The molecule has 0 bridgehead atoms. The number of halogens is 1. The first-order chi connectivity index (χ1) is 11.5. The van der Waals surface area contributed by atoms with Crippen LogP contribution in [0.3, 0.4) is 0 Å². The maximum atomic E-state index is 14.1. The number of hydrogen-bond acceptors (Lipinski definition) is 4. The van der Waals surface area contributed by atoms with E-state index in [4.69, 9.17) is 0 Å². The molecule has 3 heterocycles. The summed E-state index contributed by atoms with van der Waals surface area (Å²) in [7, 11) is 4.05. The van der Waals surface area contributed by atoms with Gasteiger partial charge < -0.3 is 14.7 Å². The number of nitrogens with zero attached hydrogens (tertiary/aromatic N) is 4. The van der Waals surface area contributed by atoms with E-state index in [1.165, 1.54) is 6.20 Å². The number of carbonyl (C=O) groups excluding carboxylic acids is 1. The van der Waals surface area contributed by atoms with Crippen molar-refractivity contribution in [2.45, 2.75) is 25.7 Å². The number of hydrogen-bond donors (Lipinski definition) is 0. The average molecular weight is 334 g/mol. The van der Waals surface area contributed by atoms with Crippen molar-refractivity contribution < 1.29 is 9.18 Å². The Labute approximate surface area is 143 Å². The number of piperidine rings is 2. The Morgan fingerprint density at radius 1 is 1.33 bits per heavy atom. The van der Waals surface area contributed by atoms with Gasteiger partial charge in [0, 0.05) is 50.8 Å². The van der Waals surface area contributed by atoms with Gasteiger partial charge in [-0.25, -0.2) is 4.39 Å². The number of carbonyl (C=O) groups is 1. The number of anilines is 1. The van der Waals surface area contributed by atoms with E-state index in [1.54, 1.807) is 12.3 Å². The molecule has 0 aromatic carbocycles. The van der Waals surface area contributed by atoms with E-state index in [9.17, 15) is 9.18 Å². The van der Waals surface area contributed by atoms with Gasteiger partial charge in [0.15, 0.2) is 5.82 Å². The van der Waals surface area contributed by atoms with E-state index in [0.717, 1.165) is 52.0 Å². The second-order valence-corrected chi connectivity index (χ2v) is 7.47. The van der Waals surface area contributed by atoms with Crippen molar-refractivity contribution in [1.29, 1.82) is 0 Å². The zero-order chi connectivity index (χ0) is 17.2. The lowest BCUT2D eigenvalue weighted by Gasteiger charge is -2.49. The molecule has 2 aliphatic heterocycles. The molecule has 1 aromatic heterocycles. The van der Waals surface area contributed by atoms with Crippen LogP contribution in [0.2, 0.25) is 0 Å². The summed E-state index contributed by atoms with van der Waals surface area (Å²) in [6.45, 7) is 4.14. The fourth-order valence-electron chi connectivity index (χ4n) is 4.00. The summed E-state index contributed by atoms with van der Waals surface area (Å²) in [5.74, 6) is 0.000546. The monoisotopic (exact) mass is 334 g/mol. The van der Waals surface area contributed by atoms with E-state index in [2.05, 4.69) is 14.8 Å². The van der Waals surface area contributed by atoms with Crippen LogP contribution in [-0.4, -0.2) is 67.5 Å². The Morgan fingerprint density at radius 2 is 2.17 bits per heavy atom. The van der Waals surface area contributed by atoms with Crippen LogP contribution in [0, 0.1) is 11.2 Å². The van der Waals surface area contributed by atoms with E-state index in [-0.39, 0.29) is 17.1 Å². The van der Waals surface area contributed by atoms with Crippen LogP contribution in [-0.2, 0) is 4.79 Å². The van der Waals surface area contributed by atoms with Gasteiger partial charge in [-0.15, -0.1) is 0 Å². The number of amides is 1. The third-order valence-electron chi connectivity index (χ3n) is 5.32. The quantitative estimate of drug-likeness (QED) is 0.844. The molecule has 0 radical (unpaired) electrons. The summed E-state index contributed by atoms with van der Waals surface area (Å²) in [6, 6.07) is 1.76. The number of likely N-dealkylation sites (tertiary alicyclic amines) is 1. The number of pyridine rings is 1. The zero-order valence-electron chi connectivity index (χ0n) is 14.7. The van der Waals surface area contributed by atoms with Crippen LogP contribution in [0.25, 0.3) is 0 Å². The zero-order valence-corrected chi connectivity index (χ0v) is 14.7. The van der Waals surface area contributed by atoms with Crippen molar-refractivity contribution in [3.63, 3.8) is 0 Å². The SMILES string of the molecule is CN(C)CCN1CC2(CCCN(c3ccncc3F)C2)CCC1=O. The van der Waals surface area contributed by atoms with Gasteiger partial charge in [-0.05, 0) is 39.4 Å². The van der Waals surface area contributed by atoms with Crippen molar-refractivity contribution in [3.8, 4) is 0 Å². The first-order valence-corrected chi connectivity index (χ1v) is 8.76. The Bertz CT molecular complexity index is 594. The summed E-state index contributed by atoms with van der Waals surface area (Å²) in [5.41, 5.74) is 0.731. The smallest absolute Gasteiger partial charge is 0.222 e. The fourth-order valence-corrected chi connectivity index (χ4v) is 4.00. The summed E-state index contributed by atoms with van der Waals surface area (Å²) in [5, 5.41) is 0. The molecule has 0 N–H and O–H groups in total. The molecule has 1 aromatic rings. The second-order valence-electron chi connectivity index (χ2n) is 7.47. The molecule has 5 nitrogen and oxygen atoms in total. The van der Waals surface area contributed by atoms with Gasteiger partial charge in [0.25, 0.3) is 0 Å². The molecular weight excluding hydrogens is 307 g/mol. The summed E-state index contributed by atoms with van der Waals surface area (Å²) in [4.78, 5) is 22.4. The highest BCUT2D eigenvalue weighted by Crippen LogP contribution is 2.40. The molecule has 1 unspecified atom stereocenters. The van der Waals surface area contributed by atoms with Crippen molar-refractivity contribution in [3.05, 3.63) is 24.3 Å². The highest BCUT2D eigenvalue weighted by molar-refractivity contribution is 5.77. The van der Waals surface area contributed by atoms with Crippen LogP contribution in [0.15, 0.2) is 18.5 Å². The largest absolute Gasteiger partial charge is 0.368 e. The molecule has 2 aliphatic rings. The van der Waals surface area contributed by atoms with Crippen molar-refractivity contribution in [2.24, 2.45) is 5.41 Å². The van der Waals surface area contributed by atoms with Gasteiger partial charge in [-0.2, -0.15) is 0 Å². The second kappa shape index (κ2) is 7.05. The van der Waals surface area contributed by atoms with Gasteiger partial charge in [0.2, 0.25) is 5.91 Å². The van der Waals surface area contributed by atoms with Gasteiger partial charge in [-0.3, -0.25) is 9.78 Å². The average Bonchev–Trinajstić information content (AvgIpc) is 2.56. The number of likely N-dealkylation sites (N-methyl/N-ethyl adjacent to an activating group) is 1. The minimum atomic E-state index is -0.258. The molecule has 3 rings (SSSR count). The predicted octanol–water partition coefficient (Wildman–Crippen LogP) is 1.99. The molecule has 2 fully saturated rings. The first kappa shape index (κ1) is 17.1. The molecule has 2 saturated heterocycles. The van der Waals surface area contributed by atoms with E-state index >= 15 is 0 Å². The maximum absolute atomic E-state index is 14.1. The third kappa shape index (κ3) is 3.69. The van der Waals surface area contributed by atoms with E-state index in [0.29, 0.717) is 12.1 Å². The van der Waals surface area contributed by atoms with Crippen LogP contribution < -0.4 is 4.90 Å². The van der Waals surface area contributed by atoms with Gasteiger partial charge >= 0.3 is 0 Å². The van der Waals surface area contributed by atoms with Crippen molar-refractivity contribution in [1.82, 2.24) is 14.8 Å². The molecule has 6 heteroatoms. The van der Waals surface area contributed by atoms with Crippen molar-refractivity contribution >= 4 is 11.6 Å². The molecule has 1 spiro atoms. The lowest BCUT2D eigenvalue weighted by Crippen LogP contribution is -2.55. The topological polar surface area (TPSA) is 39.7 Å². The number of rotatable bonds is 4. The summed E-state index contributed by atoms with van der Waals surface area (Å²) in [6.07, 6.45) is 6.60. The molecular formula is C18H27FN4O. The predicted molar refractivity (Wildman–Crippen MR) is 92.4 cm³/mol. The molecule has 0 saturated carbocycles. The van der Waals surface area contributed by atoms with E-state index < -0.39 is 0 Å². The molecule has 24 heavy (non-hydrogen) atoms. The fraction of sp³-hybridized carbons (Fsp3) is 0.667. The van der Waals surface area contributed by atoms with Crippen molar-refractivity contribution in [2.75, 3.05) is 51.7 Å². The van der Waals surface area contributed by atoms with Gasteiger partial charge in [0.05, 0.1) is 11.9 Å². The Kier molecular flexibility index (Phi) is 5.04. The Morgan fingerprint density at radius 3 is 2.92 bits per heavy atom. The first-order valence-electron chi connectivity index (χ1n) is 8.76. The molecule has 132 valence electrons. The molecule has 1 atom stereocenters. The van der Waals surface area contributed by atoms with Gasteiger partial charge in [-0.1, -0.05) is 0 Å². The lowest BCUT2D eigenvalue weighted by molar-refractivity contribution is -0.138. The Hall–Kier alpha value is -1.69. The van der Waals surface area contributed by atoms with Crippen LogP contribution in [0.5, 0.6) is 0 Å². The van der Waals surface area contributed by atoms with Crippen LogP contribution >= 0.6 is 0 Å². The van der Waals surface area contributed by atoms with E-state index in [1.807, 2.05) is 19.0 Å². The highest BCUT2D eigenvalue weighted by atomic mass is 19.1. The van der Waals surface area contributed by atoms with Crippen LogP contribution in [0.1, 0.15) is 25.7 Å².